The Morgan fingerprint density at radius 3 is 2.48 bits per heavy atom. The van der Waals surface area contributed by atoms with Crippen molar-refractivity contribution in [1.29, 1.82) is 0 Å². The SMILES string of the molecule is CCNC(=NCC(C)Oc1ccccc1OC)NC1CCN(C2CCCC2)CC1. The van der Waals surface area contributed by atoms with Crippen molar-refractivity contribution in [1.82, 2.24) is 15.5 Å². The van der Waals surface area contributed by atoms with Crippen LogP contribution in [0.4, 0.5) is 0 Å². The third-order valence-electron chi connectivity index (χ3n) is 5.96. The molecule has 1 heterocycles. The zero-order valence-electron chi connectivity index (χ0n) is 18.3. The highest BCUT2D eigenvalue weighted by atomic mass is 16.5. The molecule has 2 aliphatic rings. The van der Waals surface area contributed by atoms with Gasteiger partial charge in [0.2, 0.25) is 0 Å². The quantitative estimate of drug-likeness (QED) is 0.515. The average molecular weight is 403 g/mol. The highest BCUT2D eigenvalue weighted by Gasteiger charge is 2.27. The van der Waals surface area contributed by atoms with E-state index in [1.165, 1.54) is 51.6 Å². The summed E-state index contributed by atoms with van der Waals surface area (Å²) in [6.45, 7) is 8.00. The molecule has 1 aliphatic heterocycles. The molecule has 162 valence electrons. The van der Waals surface area contributed by atoms with E-state index in [1.807, 2.05) is 31.2 Å². The smallest absolute Gasteiger partial charge is 0.191 e. The maximum absolute atomic E-state index is 6.03. The molecular formula is C23H38N4O2. The Bertz CT molecular complexity index is 638. The molecule has 1 aromatic rings. The molecule has 0 spiro atoms. The molecule has 1 saturated heterocycles. The van der Waals surface area contributed by atoms with Crippen LogP contribution in [0.15, 0.2) is 29.3 Å². The van der Waals surface area contributed by atoms with Crippen LogP contribution >= 0.6 is 0 Å². The number of para-hydroxylation sites is 2. The van der Waals surface area contributed by atoms with Gasteiger partial charge >= 0.3 is 0 Å². The molecule has 1 saturated carbocycles. The molecule has 0 radical (unpaired) electrons. The van der Waals surface area contributed by atoms with Crippen LogP contribution in [0.2, 0.25) is 0 Å². The van der Waals surface area contributed by atoms with Crippen LogP contribution in [0, 0.1) is 0 Å². The monoisotopic (exact) mass is 402 g/mol. The minimum atomic E-state index is -0.0361. The Balaban J connectivity index is 1.48. The van der Waals surface area contributed by atoms with Crippen molar-refractivity contribution in [3.8, 4) is 11.5 Å². The summed E-state index contributed by atoms with van der Waals surface area (Å²) in [4.78, 5) is 7.48. The fourth-order valence-corrected chi connectivity index (χ4v) is 4.38. The summed E-state index contributed by atoms with van der Waals surface area (Å²) >= 11 is 0. The van der Waals surface area contributed by atoms with Gasteiger partial charge in [-0.25, -0.2) is 4.99 Å². The summed E-state index contributed by atoms with van der Waals surface area (Å²) in [5, 5.41) is 7.02. The molecule has 0 aromatic heterocycles. The Labute approximate surface area is 176 Å². The molecule has 3 rings (SSSR count). The number of benzene rings is 1. The lowest BCUT2D eigenvalue weighted by molar-refractivity contribution is 0.150. The zero-order chi connectivity index (χ0) is 20.5. The van der Waals surface area contributed by atoms with Gasteiger partial charge < -0.3 is 25.0 Å². The summed E-state index contributed by atoms with van der Waals surface area (Å²) in [6, 6.07) is 9.08. The summed E-state index contributed by atoms with van der Waals surface area (Å²) in [6.07, 6.45) is 7.96. The highest BCUT2D eigenvalue weighted by Crippen LogP contribution is 2.27. The number of ether oxygens (including phenoxy) is 2. The minimum absolute atomic E-state index is 0.0361. The molecular weight excluding hydrogens is 364 g/mol. The van der Waals surface area contributed by atoms with E-state index in [0.717, 1.165) is 30.0 Å². The normalized spacial score (nSPS) is 20.4. The zero-order valence-corrected chi connectivity index (χ0v) is 18.3. The van der Waals surface area contributed by atoms with Gasteiger partial charge in [-0.05, 0) is 51.7 Å². The van der Waals surface area contributed by atoms with Gasteiger partial charge in [0.25, 0.3) is 0 Å². The third-order valence-corrected chi connectivity index (χ3v) is 5.96. The van der Waals surface area contributed by atoms with Crippen molar-refractivity contribution in [3.05, 3.63) is 24.3 Å². The van der Waals surface area contributed by atoms with Gasteiger partial charge in [0.15, 0.2) is 17.5 Å². The number of likely N-dealkylation sites (tertiary alicyclic amines) is 1. The second kappa shape index (κ2) is 11.3. The van der Waals surface area contributed by atoms with Crippen molar-refractivity contribution < 1.29 is 9.47 Å². The first-order valence-corrected chi connectivity index (χ1v) is 11.3. The Hall–Kier alpha value is -1.95. The number of methoxy groups -OCH3 is 1. The van der Waals surface area contributed by atoms with Crippen molar-refractivity contribution in [3.63, 3.8) is 0 Å². The van der Waals surface area contributed by atoms with E-state index in [2.05, 4.69) is 22.5 Å². The first kappa shape index (κ1) is 21.8. The van der Waals surface area contributed by atoms with E-state index in [0.29, 0.717) is 12.6 Å². The maximum atomic E-state index is 6.03. The van der Waals surface area contributed by atoms with Gasteiger partial charge in [0.1, 0.15) is 6.10 Å². The molecule has 0 amide bonds. The number of guanidine groups is 1. The van der Waals surface area contributed by atoms with Gasteiger partial charge in [-0.3, -0.25) is 0 Å². The van der Waals surface area contributed by atoms with Crippen LogP contribution in [0.5, 0.6) is 11.5 Å². The Kier molecular flexibility index (Phi) is 8.47. The van der Waals surface area contributed by atoms with Gasteiger partial charge in [0, 0.05) is 31.7 Å². The first-order valence-electron chi connectivity index (χ1n) is 11.3. The Morgan fingerprint density at radius 1 is 1.14 bits per heavy atom. The van der Waals surface area contributed by atoms with E-state index in [1.54, 1.807) is 7.11 Å². The van der Waals surface area contributed by atoms with E-state index < -0.39 is 0 Å². The summed E-state index contributed by atoms with van der Waals surface area (Å²) in [5.41, 5.74) is 0. The second-order valence-corrected chi connectivity index (χ2v) is 8.19. The molecule has 0 bridgehead atoms. The minimum Gasteiger partial charge on any atom is -0.493 e. The highest BCUT2D eigenvalue weighted by molar-refractivity contribution is 5.80. The molecule has 1 unspecified atom stereocenters. The van der Waals surface area contributed by atoms with Crippen LogP contribution in [0.3, 0.4) is 0 Å². The third kappa shape index (κ3) is 6.53. The molecule has 2 fully saturated rings. The fraction of sp³-hybridized carbons (Fsp3) is 0.696. The van der Waals surface area contributed by atoms with Crippen LogP contribution in [-0.2, 0) is 0 Å². The van der Waals surface area contributed by atoms with Gasteiger partial charge in [-0.15, -0.1) is 0 Å². The standard InChI is InChI=1S/C23H38N4O2/c1-4-24-23(25-17-18(2)29-22-12-8-7-11-21(22)28-3)26-19-13-15-27(16-14-19)20-9-5-6-10-20/h7-8,11-12,18-20H,4-6,9-10,13-17H2,1-3H3,(H2,24,25,26). The van der Waals surface area contributed by atoms with Crippen LogP contribution in [0.25, 0.3) is 0 Å². The predicted octanol–water partition coefficient (Wildman–Crippen LogP) is 3.42. The van der Waals surface area contributed by atoms with E-state index in [4.69, 9.17) is 14.5 Å². The number of rotatable bonds is 8. The topological polar surface area (TPSA) is 58.1 Å². The van der Waals surface area contributed by atoms with Crippen LogP contribution < -0.4 is 20.1 Å². The summed E-state index contributed by atoms with van der Waals surface area (Å²) in [5.74, 6) is 2.40. The van der Waals surface area contributed by atoms with Crippen molar-refractivity contribution in [2.75, 3.05) is 33.3 Å². The fourth-order valence-electron chi connectivity index (χ4n) is 4.38. The molecule has 6 nitrogen and oxygen atoms in total. The predicted molar refractivity (Wildman–Crippen MR) is 119 cm³/mol. The van der Waals surface area contributed by atoms with Crippen LogP contribution in [0.1, 0.15) is 52.4 Å². The summed E-state index contributed by atoms with van der Waals surface area (Å²) < 4.78 is 11.4. The maximum Gasteiger partial charge on any atom is 0.191 e. The van der Waals surface area contributed by atoms with Gasteiger partial charge in [-0.2, -0.15) is 0 Å². The molecule has 29 heavy (non-hydrogen) atoms. The molecule has 1 aromatic carbocycles. The number of piperidine rings is 1. The molecule has 1 aliphatic carbocycles. The lowest BCUT2D eigenvalue weighted by Gasteiger charge is -2.36. The average Bonchev–Trinajstić information content (AvgIpc) is 3.28. The number of nitrogens with zero attached hydrogens (tertiary/aromatic N) is 2. The van der Waals surface area contributed by atoms with Crippen molar-refractivity contribution >= 4 is 5.96 Å². The van der Waals surface area contributed by atoms with E-state index >= 15 is 0 Å². The van der Waals surface area contributed by atoms with Gasteiger partial charge in [-0.1, -0.05) is 25.0 Å². The van der Waals surface area contributed by atoms with Gasteiger partial charge in [0.05, 0.1) is 13.7 Å². The first-order chi connectivity index (χ1) is 14.2. The molecule has 1 atom stereocenters. The largest absolute Gasteiger partial charge is 0.493 e. The lowest BCUT2D eigenvalue weighted by atomic mass is 10.0. The van der Waals surface area contributed by atoms with Crippen molar-refractivity contribution in [2.24, 2.45) is 4.99 Å². The second-order valence-electron chi connectivity index (χ2n) is 8.19. The molecule has 6 heteroatoms. The lowest BCUT2D eigenvalue weighted by Crippen LogP contribution is -2.50. The number of hydrogen-bond donors (Lipinski definition) is 2. The number of aliphatic imine (C=N–C) groups is 1. The van der Waals surface area contributed by atoms with E-state index in [9.17, 15) is 0 Å². The number of nitrogens with one attached hydrogen (secondary N) is 2. The Morgan fingerprint density at radius 2 is 1.83 bits per heavy atom. The van der Waals surface area contributed by atoms with E-state index in [-0.39, 0.29) is 6.10 Å². The van der Waals surface area contributed by atoms with Crippen LogP contribution in [-0.4, -0.2) is 62.3 Å². The number of hydrogen-bond acceptors (Lipinski definition) is 4. The molecule has 2 N–H and O–H groups in total. The summed E-state index contributed by atoms with van der Waals surface area (Å²) in [7, 11) is 1.66. The van der Waals surface area contributed by atoms with Crippen molar-refractivity contribution in [2.45, 2.75) is 70.6 Å².